The number of H-pyrrole nitrogens is 2. The van der Waals surface area contributed by atoms with Crippen molar-refractivity contribution in [1.82, 2.24) is 14.5 Å². The minimum Gasteiger partial charge on any atom is -0.497 e. The Bertz CT molecular complexity index is 1730. The van der Waals surface area contributed by atoms with Crippen molar-refractivity contribution in [2.45, 2.75) is 30.5 Å². The maximum absolute atomic E-state index is 12.2. The highest BCUT2D eigenvalue weighted by molar-refractivity contribution is 5.74. The van der Waals surface area contributed by atoms with Gasteiger partial charge in [-0.3, -0.25) is 14.8 Å². The van der Waals surface area contributed by atoms with E-state index in [0.717, 1.165) is 16.7 Å². The van der Waals surface area contributed by atoms with E-state index in [-0.39, 0.29) is 13.0 Å². The van der Waals surface area contributed by atoms with Crippen molar-refractivity contribution in [2.24, 2.45) is 0 Å². The third-order valence-electron chi connectivity index (χ3n) is 7.77. The van der Waals surface area contributed by atoms with E-state index < -0.39 is 35.3 Å². The molecule has 0 aliphatic carbocycles. The standard InChI is InChI=1S/C32H31N3O7/c1-39-23-12-8-21(9-13-23)32(20-6-4-3-5-7-20,22-10-14-24(40-2)15-11-22)41-19-27-26(36)18-28(42-27)35-17-16-25-29(35)33-31(38)34-30(25)37/h3-17,26-28,36H,18-19H2,1-2H3,(H2,33,34,37,38)/t26-,27+,28-/m0/s1. The summed E-state index contributed by atoms with van der Waals surface area (Å²) in [6.45, 7) is 0.0426. The van der Waals surface area contributed by atoms with Gasteiger partial charge in [-0.2, -0.15) is 0 Å². The van der Waals surface area contributed by atoms with E-state index in [1.54, 1.807) is 31.0 Å². The van der Waals surface area contributed by atoms with Gasteiger partial charge in [0.05, 0.1) is 32.3 Å². The fourth-order valence-corrected chi connectivity index (χ4v) is 5.63. The van der Waals surface area contributed by atoms with E-state index in [0.29, 0.717) is 22.5 Å². The second kappa shape index (κ2) is 11.3. The quantitative estimate of drug-likeness (QED) is 0.231. The van der Waals surface area contributed by atoms with E-state index in [4.69, 9.17) is 18.9 Å². The van der Waals surface area contributed by atoms with Gasteiger partial charge in [0.15, 0.2) is 0 Å². The number of benzene rings is 3. The minimum atomic E-state index is -1.07. The number of methoxy groups -OCH3 is 2. The summed E-state index contributed by atoms with van der Waals surface area (Å²) in [5, 5.41) is 11.4. The van der Waals surface area contributed by atoms with E-state index in [1.807, 2.05) is 78.9 Å². The van der Waals surface area contributed by atoms with Gasteiger partial charge in [-0.1, -0.05) is 54.6 Å². The number of aromatic amines is 2. The molecule has 1 aliphatic heterocycles. The van der Waals surface area contributed by atoms with Crippen LogP contribution in [-0.2, 0) is 15.1 Å². The highest BCUT2D eigenvalue weighted by Crippen LogP contribution is 2.43. The zero-order valence-corrected chi connectivity index (χ0v) is 23.2. The summed E-state index contributed by atoms with van der Waals surface area (Å²) in [4.78, 5) is 29.1. The van der Waals surface area contributed by atoms with E-state index >= 15 is 0 Å². The van der Waals surface area contributed by atoms with Crippen molar-refractivity contribution in [3.63, 3.8) is 0 Å². The highest BCUT2D eigenvalue weighted by atomic mass is 16.6. The van der Waals surface area contributed by atoms with Gasteiger partial charge in [0.1, 0.15) is 35.1 Å². The average Bonchev–Trinajstić information content (AvgIpc) is 3.61. The first-order valence-corrected chi connectivity index (χ1v) is 13.6. The van der Waals surface area contributed by atoms with Gasteiger partial charge in [0, 0.05) is 12.6 Å². The number of hydrogen-bond donors (Lipinski definition) is 3. The highest BCUT2D eigenvalue weighted by Gasteiger charge is 2.42. The Labute approximate surface area is 241 Å². The van der Waals surface area contributed by atoms with E-state index in [1.165, 1.54) is 0 Å². The molecule has 0 amide bonds. The van der Waals surface area contributed by atoms with Crippen LogP contribution in [0.25, 0.3) is 11.0 Å². The van der Waals surface area contributed by atoms with E-state index in [2.05, 4.69) is 9.97 Å². The maximum atomic E-state index is 12.2. The first-order valence-electron chi connectivity index (χ1n) is 13.6. The number of aliphatic hydroxyl groups is 1. The number of aliphatic hydroxyl groups excluding tert-OH is 1. The summed E-state index contributed by atoms with van der Waals surface area (Å²) in [6.07, 6.45) is -0.256. The van der Waals surface area contributed by atoms with Crippen molar-refractivity contribution in [3.05, 3.63) is 129 Å². The number of nitrogens with one attached hydrogen (secondary N) is 2. The molecular weight excluding hydrogens is 538 g/mol. The molecule has 1 aliphatic rings. The third-order valence-corrected chi connectivity index (χ3v) is 7.77. The van der Waals surface area contributed by atoms with Crippen LogP contribution in [0.5, 0.6) is 11.5 Å². The van der Waals surface area contributed by atoms with Crippen LogP contribution in [0.2, 0.25) is 0 Å². The molecule has 0 radical (unpaired) electrons. The fraction of sp³-hybridized carbons (Fsp3) is 0.250. The van der Waals surface area contributed by atoms with Gasteiger partial charge in [-0.05, 0) is 47.0 Å². The molecule has 2 aromatic heterocycles. The van der Waals surface area contributed by atoms with Crippen molar-refractivity contribution < 1.29 is 24.1 Å². The molecule has 10 heteroatoms. The van der Waals surface area contributed by atoms with Gasteiger partial charge in [0.2, 0.25) is 0 Å². The van der Waals surface area contributed by atoms with Crippen molar-refractivity contribution >= 4 is 11.0 Å². The van der Waals surface area contributed by atoms with Crippen molar-refractivity contribution in [1.29, 1.82) is 0 Å². The van der Waals surface area contributed by atoms with Crippen LogP contribution in [0.4, 0.5) is 0 Å². The van der Waals surface area contributed by atoms with Crippen LogP contribution in [0, 0.1) is 0 Å². The Morgan fingerprint density at radius 2 is 1.45 bits per heavy atom. The molecule has 5 aromatic rings. The zero-order chi connectivity index (χ0) is 29.3. The predicted octanol–water partition coefficient (Wildman–Crippen LogP) is 3.69. The predicted molar refractivity (Wildman–Crippen MR) is 156 cm³/mol. The maximum Gasteiger partial charge on any atom is 0.327 e. The van der Waals surface area contributed by atoms with Crippen LogP contribution >= 0.6 is 0 Å². The lowest BCUT2D eigenvalue weighted by molar-refractivity contribution is -0.0930. The Morgan fingerprint density at radius 1 is 0.857 bits per heavy atom. The zero-order valence-electron chi connectivity index (χ0n) is 23.2. The minimum absolute atomic E-state index is 0.0426. The SMILES string of the molecule is COc1ccc(C(OC[C@H]2O[C@H](n3ccc4c(=O)[nH]c(=O)[nH]c43)C[C@@H]2O)(c2ccccc2)c2ccc(OC)cc2)cc1. The second-order valence-electron chi connectivity index (χ2n) is 10.1. The first-order chi connectivity index (χ1) is 20.4. The molecule has 42 heavy (non-hydrogen) atoms. The smallest absolute Gasteiger partial charge is 0.327 e. The molecule has 3 heterocycles. The fourth-order valence-electron chi connectivity index (χ4n) is 5.63. The summed E-state index contributed by atoms with van der Waals surface area (Å²) >= 11 is 0. The largest absolute Gasteiger partial charge is 0.497 e. The van der Waals surface area contributed by atoms with Crippen molar-refractivity contribution in [3.8, 4) is 11.5 Å². The Kier molecular flexibility index (Phi) is 7.42. The monoisotopic (exact) mass is 569 g/mol. The normalized spacial score (nSPS) is 18.8. The van der Waals surface area contributed by atoms with Crippen LogP contribution in [0.15, 0.2) is 101 Å². The summed E-state index contributed by atoms with van der Waals surface area (Å²) < 4.78 is 25.7. The van der Waals surface area contributed by atoms with E-state index in [9.17, 15) is 14.7 Å². The van der Waals surface area contributed by atoms with Gasteiger partial charge in [-0.15, -0.1) is 0 Å². The average molecular weight is 570 g/mol. The van der Waals surface area contributed by atoms with Crippen LogP contribution in [0.1, 0.15) is 29.3 Å². The Hall–Kier alpha value is -4.64. The molecule has 3 N–H and O–H groups in total. The second-order valence-corrected chi connectivity index (χ2v) is 10.1. The molecule has 1 fully saturated rings. The number of hydrogen-bond acceptors (Lipinski definition) is 7. The van der Waals surface area contributed by atoms with Gasteiger partial charge < -0.3 is 28.6 Å². The molecule has 1 saturated heterocycles. The lowest BCUT2D eigenvalue weighted by atomic mass is 9.80. The molecule has 6 rings (SSSR count). The molecule has 0 saturated carbocycles. The molecular formula is C32H31N3O7. The molecule has 3 atom stereocenters. The van der Waals surface area contributed by atoms with Crippen LogP contribution in [0.3, 0.4) is 0 Å². The third kappa shape index (κ3) is 4.89. The van der Waals surface area contributed by atoms with Gasteiger partial charge >= 0.3 is 5.69 Å². The molecule has 216 valence electrons. The molecule has 0 unspecified atom stereocenters. The van der Waals surface area contributed by atoms with Gasteiger partial charge in [-0.25, -0.2) is 4.79 Å². The lowest BCUT2D eigenvalue weighted by Crippen LogP contribution is -2.38. The summed E-state index contributed by atoms with van der Waals surface area (Å²) in [5.41, 5.74) is 0.763. The summed E-state index contributed by atoms with van der Waals surface area (Å²) in [7, 11) is 3.24. The Balaban J connectivity index is 1.37. The van der Waals surface area contributed by atoms with Crippen LogP contribution in [-0.4, -0.2) is 52.7 Å². The summed E-state index contributed by atoms with van der Waals surface area (Å²) in [6, 6.07) is 26.9. The summed E-state index contributed by atoms with van der Waals surface area (Å²) in [5.74, 6) is 1.42. The number of ether oxygens (including phenoxy) is 4. The van der Waals surface area contributed by atoms with Crippen LogP contribution < -0.4 is 20.7 Å². The molecule has 10 nitrogen and oxygen atoms in total. The molecule has 3 aromatic carbocycles. The topological polar surface area (TPSA) is 128 Å². The number of fused-ring (bicyclic) bond motifs is 1. The first kappa shape index (κ1) is 27.5. The number of aromatic nitrogens is 3. The lowest BCUT2D eigenvalue weighted by Gasteiger charge is -2.37. The number of rotatable bonds is 9. The van der Waals surface area contributed by atoms with Crippen molar-refractivity contribution in [2.75, 3.05) is 20.8 Å². The molecule has 0 spiro atoms. The Morgan fingerprint density at radius 3 is 2.05 bits per heavy atom. The number of nitrogens with zero attached hydrogens (tertiary/aromatic N) is 1. The molecule has 0 bridgehead atoms. The van der Waals surface area contributed by atoms with Gasteiger partial charge in [0.25, 0.3) is 5.56 Å².